The summed E-state index contributed by atoms with van der Waals surface area (Å²) in [4.78, 5) is 24.1. The van der Waals surface area contributed by atoms with Crippen molar-refractivity contribution in [3.63, 3.8) is 0 Å². The van der Waals surface area contributed by atoms with E-state index in [9.17, 15) is 14.0 Å². The van der Waals surface area contributed by atoms with Crippen LogP contribution in [0, 0.1) is 5.82 Å². The third-order valence-corrected chi connectivity index (χ3v) is 3.98. The minimum absolute atomic E-state index is 0.101. The van der Waals surface area contributed by atoms with Crippen LogP contribution in [0.3, 0.4) is 0 Å². The standard InChI is InChI=1S/C23H21FO5/c1-15(2)28-23(26)14-27-19-8-3-5-16(11-19)12-20(25)22-10-9-21(29-22)17-6-4-7-18(24)13-17/h3-11,13,15H,12,14H2,1-2H3. The van der Waals surface area contributed by atoms with Gasteiger partial charge in [0.05, 0.1) is 6.10 Å². The first-order valence-electron chi connectivity index (χ1n) is 9.21. The predicted molar refractivity (Wildman–Crippen MR) is 105 cm³/mol. The molecular formula is C23H21FO5. The second-order valence-corrected chi connectivity index (χ2v) is 6.75. The van der Waals surface area contributed by atoms with Crippen LogP contribution in [0.5, 0.6) is 5.75 Å². The fourth-order valence-electron chi connectivity index (χ4n) is 2.74. The van der Waals surface area contributed by atoms with Gasteiger partial charge >= 0.3 is 5.97 Å². The van der Waals surface area contributed by atoms with E-state index in [0.717, 1.165) is 0 Å². The van der Waals surface area contributed by atoms with Crippen LogP contribution in [0.1, 0.15) is 30.0 Å². The summed E-state index contributed by atoms with van der Waals surface area (Å²) >= 11 is 0. The van der Waals surface area contributed by atoms with Gasteiger partial charge < -0.3 is 13.9 Å². The van der Waals surface area contributed by atoms with E-state index in [0.29, 0.717) is 22.6 Å². The van der Waals surface area contributed by atoms with Gasteiger partial charge in [-0.15, -0.1) is 0 Å². The van der Waals surface area contributed by atoms with E-state index in [2.05, 4.69) is 0 Å². The first-order chi connectivity index (χ1) is 13.9. The van der Waals surface area contributed by atoms with Crippen LogP contribution in [0.4, 0.5) is 4.39 Å². The van der Waals surface area contributed by atoms with Crippen molar-refractivity contribution in [1.82, 2.24) is 0 Å². The smallest absolute Gasteiger partial charge is 0.344 e. The van der Waals surface area contributed by atoms with Crippen molar-refractivity contribution in [2.75, 3.05) is 6.61 Å². The number of carbonyl (C=O) groups is 2. The van der Waals surface area contributed by atoms with Gasteiger partial charge in [-0.1, -0.05) is 24.3 Å². The zero-order valence-electron chi connectivity index (χ0n) is 16.2. The lowest BCUT2D eigenvalue weighted by atomic mass is 10.1. The SMILES string of the molecule is CC(C)OC(=O)COc1cccc(CC(=O)c2ccc(-c3cccc(F)c3)o2)c1. The molecule has 1 heterocycles. The monoisotopic (exact) mass is 396 g/mol. The number of rotatable bonds is 8. The molecule has 0 aliphatic carbocycles. The summed E-state index contributed by atoms with van der Waals surface area (Å²) in [6.07, 6.45) is -0.107. The van der Waals surface area contributed by atoms with Crippen molar-refractivity contribution in [1.29, 1.82) is 0 Å². The number of benzene rings is 2. The van der Waals surface area contributed by atoms with Crippen molar-refractivity contribution in [2.45, 2.75) is 26.4 Å². The molecule has 0 saturated carbocycles. The molecule has 0 radical (unpaired) electrons. The number of halogens is 1. The molecule has 0 fully saturated rings. The summed E-state index contributed by atoms with van der Waals surface area (Å²) in [6, 6.07) is 16.1. The van der Waals surface area contributed by atoms with Gasteiger partial charge in [-0.2, -0.15) is 0 Å². The largest absolute Gasteiger partial charge is 0.482 e. The number of hydrogen-bond donors (Lipinski definition) is 0. The molecule has 3 rings (SSSR count). The molecule has 1 aromatic heterocycles. The molecule has 0 N–H and O–H groups in total. The minimum Gasteiger partial charge on any atom is -0.482 e. The predicted octanol–water partition coefficient (Wildman–Crippen LogP) is 4.84. The van der Waals surface area contributed by atoms with E-state index < -0.39 is 5.97 Å². The van der Waals surface area contributed by atoms with E-state index in [1.54, 1.807) is 62.4 Å². The second kappa shape index (κ2) is 9.19. The van der Waals surface area contributed by atoms with E-state index in [1.807, 2.05) is 0 Å². The molecule has 29 heavy (non-hydrogen) atoms. The molecule has 2 aromatic carbocycles. The molecule has 0 bridgehead atoms. The summed E-state index contributed by atoms with van der Waals surface area (Å²) in [5.41, 5.74) is 1.28. The van der Waals surface area contributed by atoms with Crippen LogP contribution in [0.25, 0.3) is 11.3 Å². The number of ether oxygens (including phenoxy) is 2. The zero-order chi connectivity index (χ0) is 20.8. The Labute approximate surface area is 168 Å². The Morgan fingerprint density at radius 1 is 1.03 bits per heavy atom. The van der Waals surface area contributed by atoms with E-state index in [1.165, 1.54) is 12.1 Å². The third kappa shape index (κ3) is 5.78. The molecule has 0 saturated heterocycles. The normalized spacial score (nSPS) is 10.8. The highest BCUT2D eigenvalue weighted by Crippen LogP contribution is 2.24. The van der Waals surface area contributed by atoms with Crippen molar-refractivity contribution in [3.8, 4) is 17.1 Å². The molecule has 0 amide bonds. The molecule has 3 aromatic rings. The molecule has 6 heteroatoms. The summed E-state index contributed by atoms with van der Waals surface area (Å²) in [5, 5.41) is 0. The van der Waals surface area contributed by atoms with Gasteiger partial charge in [0.1, 0.15) is 17.3 Å². The van der Waals surface area contributed by atoms with Gasteiger partial charge in [-0.25, -0.2) is 9.18 Å². The average molecular weight is 396 g/mol. The van der Waals surface area contributed by atoms with E-state index in [-0.39, 0.29) is 36.5 Å². The Bertz CT molecular complexity index is 1010. The molecule has 150 valence electrons. The fraction of sp³-hybridized carbons (Fsp3) is 0.217. The maximum atomic E-state index is 13.4. The van der Waals surface area contributed by atoms with Gasteiger partial charge in [0, 0.05) is 12.0 Å². The third-order valence-electron chi connectivity index (χ3n) is 3.98. The number of hydrogen-bond acceptors (Lipinski definition) is 5. The minimum atomic E-state index is -0.457. The maximum Gasteiger partial charge on any atom is 0.344 e. The van der Waals surface area contributed by atoms with Crippen LogP contribution in [-0.4, -0.2) is 24.5 Å². The van der Waals surface area contributed by atoms with Crippen molar-refractivity contribution in [3.05, 3.63) is 77.8 Å². The van der Waals surface area contributed by atoms with Crippen LogP contribution in [-0.2, 0) is 16.0 Å². The molecule has 0 aliphatic heterocycles. The Balaban J connectivity index is 1.63. The van der Waals surface area contributed by atoms with Crippen molar-refractivity contribution < 1.29 is 27.9 Å². The molecule has 0 spiro atoms. The van der Waals surface area contributed by atoms with E-state index in [4.69, 9.17) is 13.9 Å². The highest BCUT2D eigenvalue weighted by Gasteiger charge is 2.14. The zero-order valence-corrected chi connectivity index (χ0v) is 16.2. The summed E-state index contributed by atoms with van der Waals surface area (Å²) in [6.45, 7) is 3.32. The van der Waals surface area contributed by atoms with E-state index >= 15 is 0 Å². The average Bonchev–Trinajstić information content (AvgIpc) is 3.17. The number of furan rings is 1. The van der Waals surface area contributed by atoms with Gasteiger partial charge in [0.15, 0.2) is 12.4 Å². The molecule has 5 nitrogen and oxygen atoms in total. The summed E-state index contributed by atoms with van der Waals surface area (Å²) in [5.74, 6) is 0.0347. The maximum absolute atomic E-state index is 13.4. The Morgan fingerprint density at radius 3 is 2.59 bits per heavy atom. The van der Waals surface area contributed by atoms with Crippen LogP contribution < -0.4 is 4.74 Å². The van der Waals surface area contributed by atoms with Gasteiger partial charge in [-0.05, 0) is 55.8 Å². The summed E-state index contributed by atoms with van der Waals surface area (Å²) < 4.78 is 29.4. The number of Topliss-reactive ketones (excluding diaryl/α,β-unsaturated/α-hetero) is 1. The molecular weight excluding hydrogens is 375 g/mol. The lowest BCUT2D eigenvalue weighted by Crippen LogP contribution is -2.18. The van der Waals surface area contributed by atoms with Gasteiger partial charge in [-0.3, -0.25) is 4.79 Å². The first kappa shape index (κ1) is 20.3. The lowest BCUT2D eigenvalue weighted by Gasteiger charge is -2.10. The Morgan fingerprint density at radius 2 is 1.83 bits per heavy atom. The van der Waals surface area contributed by atoms with Crippen molar-refractivity contribution >= 4 is 11.8 Å². The van der Waals surface area contributed by atoms with Gasteiger partial charge in [0.25, 0.3) is 0 Å². The fourth-order valence-corrected chi connectivity index (χ4v) is 2.74. The molecule has 0 aliphatic rings. The molecule has 0 unspecified atom stereocenters. The first-order valence-corrected chi connectivity index (χ1v) is 9.21. The highest BCUT2D eigenvalue weighted by molar-refractivity contribution is 5.95. The number of carbonyl (C=O) groups excluding carboxylic acids is 2. The number of ketones is 1. The topological polar surface area (TPSA) is 65.7 Å². The lowest BCUT2D eigenvalue weighted by molar-refractivity contribution is -0.149. The van der Waals surface area contributed by atoms with Crippen LogP contribution in [0.15, 0.2) is 65.1 Å². The Hall–Kier alpha value is -3.41. The summed E-state index contributed by atoms with van der Waals surface area (Å²) in [7, 11) is 0. The quantitative estimate of drug-likeness (QED) is 0.403. The Kier molecular flexibility index (Phi) is 6.44. The van der Waals surface area contributed by atoms with Gasteiger partial charge in [0.2, 0.25) is 5.78 Å². The molecule has 0 atom stereocenters. The van der Waals surface area contributed by atoms with Crippen molar-refractivity contribution in [2.24, 2.45) is 0 Å². The highest BCUT2D eigenvalue weighted by atomic mass is 19.1. The van der Waals surface area contributed by atoms with Crippen LogP contribution in [0.2, 0.25) is 0 Å². The second-order valence-electron chi connectivity index (χ2n) is 6.75. The van der Waals surface area contributed by atoms with Crippen LogP contribution >= 0.6 is 0 Å². The number of esters is 1.